The van der Waals surface area contributed by atoms with Crippen molar-refractivity contribution in [2.45, 2.75) is 19.6 Å². The molecule has 0 aliphatic heterocycles. The van der Waals surface area contributed by atoms with Crippen LogP contribution in [0.1, 0.15) is 22.8 Å². The third-order valence-electron chi connectivity index (χ3n) is 3.17. The van der Waals surface area contributed by atoms with Crippen molar-refractivity contribution < 1.29 is 14.3 Å². The van der Waals surface area contributed by atoms with Gasteiger partial charge in [-0.2, -0.15) is 0 Å². The lowest BCUT2D eigenvalue weighted by Crippen LogP contribution is -2.42. The summed E-state index contributed by atoms with van der Waals surface area (Å²) in [6, 6.07) is 15.7. The molecule has 0 aromatic heterocycles. The summed E-state index contributed by atoms with van der Waals surface area (Å²) < 4.78 is 5.66. The maximum Gasteiger partial charge on any atom is 0.252 e. The molecular weight excluding hydrogens is 280 g/mol. The second-order valence-electron chi connectivity index (χ2n) is 4.86. The molecule has 2 amide bonds. The van der Waals surface area contributed by atoms with Crippen LogP contribution in [0, 0.1) is 0 Å². The molecule has 114 valence electrons. The number of hydrogen-bond donors (Lipinski definition) is 2. The number of amides is 2. The summed E-state index contributed by atoms with van der Waals surface area (Å²) in [5.41, 5.74) is 6.36. The van der Waals surface area contributed by atoms with Crippen LogP contribution in [-0.2, 0) is 11.4 Å². The zero-order chi connectivity index (χ0) is 15.9. The number of primary amides is 1. The lowest BCUT2D eigenvalue weighted by Gasteiger charge is -2.13. The lowest BCUT2D eigenvalue weighted by molar-refractivity contribution is -0.119. The SMILES string of the molecule is CC(NC(=O)c1ccccc1COc1ccccc1)C(N)=O. The number of nitrogens with one attached hydrogen (secondary N) is 1. The Bertz CT molecular complexity index is 656. The van der Waals surface area contributed by atoms with E-state index in [2.05, 4.69) is 5.32 Å². The summed E-state index contributed by atoms with van der Waals surface area (Å²) in [4.78, 5) is 23.3. The van der Waals surface area contributed by atoms with Gasteiger partial charge in [0.15, 0.2) is 0 Å². The zero-order valence-corrected chi connectivity index (χ0v) is 12.3. The molecular formula is C17H18N2O3. The molecule has 0 bridgehead atoms. The van der Waals surface area contributed by atoms with Crippen LogP contribution in [0.3, 0.4) is 0 Å². The highest BCUT2D eigenvalue weighted by molar-refractivity contribution is 5.98. The van der Waals surface area contributed by atoms with E-state index >= 15 is 0 Å². The molecule has 1 atom stereocenters. The van der Waals surface area contributed by atoms with Crippen LogP contribution in [0.4, 0.5) is 0 Å². The first-order valence-electron chi connectivity index (χ1n) is 6.94. The number of benzene rings is 2. The van der Waals surface area contributed by atoms with Crippen LogP contribution in [0.25, 0.3) is 0 Å². The van der Waals surface area contributed by atoms with E-state index in [1.54, 1.807) is 19.1 Å². The van der Waals surface area contributed by atoms with Crippen molar-refractivity contribution in [1.82, 2.24) is 5.32 Å². The predicted octanol–water partition coefficient (Wildman–Crippen LogP) is 1.87. The molecule has 0 radical (unpaired) electrons. The molecule has 0 aliphatic rings. The Labute approximate surface area is 129 Å². The smallest absolute Gasteiger partial charge is 0.252 e. The van der Waals surface area contributed by atoms with Crippen molar-refractivity contribution in [2.24, 2.45) is 5.73 Å². The van der Waals surface area contributed by atoms with Crippen LogP contribution >= 0.6 is 0 Å². The topological polar surface area (TPSA) is 81.4 Å². The average Bonchev–Trinajstić information content (AvgIpc) is 2.54. The molecule has 0 heterocycles. The van der Waals surface area contributed by atoms with Gasteiger partial charge in [0.1, 0.15) is 18.4 Å². The lowest BCUT2D eigenvalue weighted by atomic mass is 10.1. The summed E-state index contributed by atoms with van der Waals surface area (Å²) >= 11 is 0. The molecule has 0 saturated heterocycles. The molecule has 0 saturated carbocycles. The minimum atomic E-state index is -0.726. The van der Waals surface area contributed by atoms with Gasteiger partial charge in [0.2, 0.25) is 5.91 Å². The van der Waals surface area contributed by atoms with E-state index in [4.69, 9.17) is 10.5 Å². The fourth-order valence-electron chi connectivity index (χ4n) is 1.89. The number of carbonyl (C=O) groups excluding carboxylic acids is 2. The van der Waals surface area contributed by atoms with Crippen LogP contribution < -0.4 is 15.8 Å². The van der Waals surface area contributed by atoms with Crippen molar-refractivity contribution in [1.29, 1.82) is 0 Å². The highest BCUT2D eigenvalue weighted by Gasteiger charge is 2.16. The maximum absolute atomic E-state index is 12.2. The van der Waals surface area contributed by atoms with Crippen molar-refractivity contribution in [3.8, 4) is 5.75 Å². The summed E-state index contributed by atoms with van der Waals surface area (Å²) in [7, 11) is 0. The second-order valence-corrected chi connectivity index (χ2v) is 4.86. The number of ether oxygens (including phenoxy) is 1. The molecule has 0 fully saturated rings. The van der Waals surface area contributed by atoms with Gasteiger partial charge >= 0.3 is 0 Å². The van der Waals surface area contributed by atoms with E-state index in [0.29, 0.717) is 5.56 Å². The van der Waals surface area contributed by atoms with E-state index < -0.39 is 11.9 Å². The van der Waals surface area contributed by atoms with Gasteiger partial charge < -0.3 is 15.8 Å². The molecule has 0 spiro atoms. The number of rotatable bonds is 6. The molecule has 0 aliphatic carbocycles. The van der Waals surface area contributed by atoms with E-state index in [9.17, 15) is 9.59 Å². The molecule has 5 heteroatoms. The van der Waals surface area contributed by atoms with Crippen molar-refractivity contribution in [3.63, 3.8) is 0 Å². The molecule has 2 aromatic rings. The van der Waals surface area contributed by atoms with Gasteiger partial charge in [-0.15, -0.1) is 0 Å². The Morgan fingerprint density at radius 3 is 2.41 bits per heavy atom. The number of hydrogen-bond acceptors (Lipinski definition) is 3. The second kappa shape index (κ2) is 7.26. The van der Waals surface area contributed by atoms with Crippen molar-refractivity contribution >= 4 is 11.8 Å². The standard InChI is InChI=1S/C17H18N2O3/c1-12(16(18)20)19-17(21)15-10-6-5-7-13(15)11-22-14-8-3-2-4-9-14/h2-10,12H,11H2,1H3,(H2,18,20)(H,19,21). The van der Waals surface area contributed by atoms with Gasteiger partial charge in [0.25, 0.3) is 5.91 Å². The van der Waals surface area contributed by atoms with Crippen LogP contribution in [-0.4, -0.2) is 17.9 Å². The minimum absolute atomic E-state index is 0.262. The van der Waals surface area contributed by atoms with Crippen LogP contribution in [0.2, 0.25) is 0 Å². The van der Waals surface area contributed by atoms with E-state index in [-0.39, 0.29) is 12.5 Å². The normalized spacial score (nSPS) is 11.5. The fourth-order valence-corrected chi connectivity index (χ4v) is 1.89. The van der Waals surface area contributed by atoms with Crippen molar-refractivity contribution in [3.05, 3.63) is 65.7 Å². The van der Waals surface area contributed by atoms with Gasteiger partial charge in [0, 0.05) is 11.1 Å². The Morgan fingerprint density at radius 1 is 1.09 bits per heavy atom. The summed E-state index contributed by atoms with van der Waals surface area (Å²) in [5, 5.41) is 2.57. The first kappa shape index (κ1) is 15.6. The monoisotopic (exact) mass is 298 g/mol. The molecule has 2 rings (SSSR count). The van der Waals surface area contributed by atoms with E-state index in [1.807, 2.05) is 42.5 Å². The third-order valence-corrected chi connectivity index (χ3v) is 3.17. The van der Waals surface area contributed by atoms with Gasteiger partial charge in [-0.05, 0) is 25.1 Å². The molecule has 1 unspecified atom stereocenters. The first-order valence-corrected chi connectivity index (χ1v) is 6.94. The first-order chi connectivity index (χ1) is 10.6. The zero-order valence-electron chi connectivity index (χ0n) is 12.3. The highest BCUT2D eigenvalue weighted by Crippen LogP contribution is 2.14. The number of carbonyl (C=O) groups is 2. The molecule has 5 nitrogen and oxygen atoms in total. The van der Waals surface area contributed by atoms with E-state index in [1.165, 1.54) is 0 Å². The summed E-state index contributed by atoms with van der Waals surface area (Å²) in [6.45, 7) is 1.81. The Balaban J connectivity index is 2.09. The Morgan fingerprint density at radius 2 is 1.73 bits per heavy atom. The largest absolute Gasteiger partial charge is 0.489 e. The number of para-hydroxylation sites is 1. The van der Waals surface area contributed by atoms with E-state index in [0.717, 1.165) is 11.3 Å². The third kappa shape index (κ3) is 4.09. The van der Waals surface area contributed by atoms with Crippen LogP contribution in [0.15, 0.2) is 54.6 Å². The fraction of sp³-hybridized carbons (Fsp3) is 0.176. The molecule has 22 heavy (non-hydrogen) atoms. The van der Waals surface area contributed by atoms with Gasteiger partial charge in [-0.25, -0.2) is 0 Å². The van der Waals surface area contributed by atoms with Gasteiger partial charge in [0.05, 0.1) is 0 Å². The molecule has 2 aromatic carbocycles. The predicted molar refractivity (Wildman–Crippen MR) is 83.3 cm³/mol. The highest BCUT2D eigenvalue weighted by atomic mass is 16.5. The summed E-state index contributed by atoms with van der Waals surface area (Å²) in [6.07, 6.45) is 0. The van der Waals surface area contributed by atoms with Gasteiger partial charge in [-0.1, -0.05) is 36.4 Å². The summed E-state index contributed by atoms with van der Waals surface area (Å²) in [5.74, 6) is -0.201. The quantitative estimate of drug-likeness (QED) is 0.854. The number of nitrogens with two attached hydrogens (primary N) is 1. The van der Waals surface area contributed by atoms with Crippen LogP contribution in [0.5, 0.6) is 5.75 Å². The Hall–Kier alpha value is -2.82. The van der Waals surface area contributed by atoms with Crippen molar-refractivity contribution in [2.75, 3.05) is 0 Å². The minimum Gasteiger partial charge on any atom is -0.489 e. The molecule has 3 N–H and O–H groups in total. The Kier molecular flexibility index (Phi) is 5.14. The van der Waals surface area contributed by atoms with Gasteiger partial charge in [-0.3, -0.25) is 9.59 Å². The maximum atomic E-state index is 12.2. The average molecular weight is 298 g/mol.